The van der Waals surface area contributed by atoms with Crippen molar-refractivity contribution in [2.75, 3.05) is 0 Å². The summed E-state index contributed by atoms with van der Waals surface area (Å²) in [5.74, 6) is 0.216. The van der Waals surface area contributed by atoms with E-state index in [-0.39, 0.29) is 12.0 Å². The molecule has 2 aromatic heterocycles. The number of halogens is 1. The summed E-state index contributed by atoms with van der Waals surface area (Å²) in [6.45, 7) is 0. The van der Waals surface area contributed by atoms with Gasteiger partial charge in [0.15, 0.2) is 0 Å². The number of hydrogen-bond acceptors (Lipinski definition) is 3. The number of aryl methyl sites for hydroxylation is 1. The fourth-order valence-electron chi connectivity index (χ4n) is 2.32. The van der Waals surface area contributed by atoms with E-state index < -0.39 is 11.9 Å². The minimum atomic E-state index is -0.937. The fraction of sp³-hybridized carbons (Fsp3) is 0.200. The van der Waals surface area contributed by atoms with Crippen LogP contribution in [0.25, 0.3) is 11.0 Å². The molecular formula is C15H14FN3O. The van der Waals surface area contributed by atoms with Crippen molar-refractivity contribution in [3.05, 3.63) is 59.9 Å². The molecule has 2 heterocycles. The maximum atomic E-state index is 13.6. The van der Waals surface area contributed by atoms with Gasteiger partial charge in [-0.25, -0.2) is 9.37 Å². The highest BCUT2D eigenvalue weighted by Crippen LogP contribution is 2.22. The number of imidazole rings is 1. The molecule has 1 aromatic carbocycles. The molecular weight excluding hydrogens is 257 g/mol. The summed E-state index contributed by atoms with van der Waals surface area (Å²) >= 11 is 0. The number of nitrogens with zero attached hydrogens (tertiary/aromatic N) is 3. The van der Waals surface area contributed by atoms with Gasteiger partial charge in [-0.3, -0.25) is 4.98 Å². The molecule has 0 amide bonds. The van der Waals surface area contributed by atoms with Gasteiger partial charge in [-0.15, -0.1) is 0 Å². The third kappa shape index (κ3) is 2.16. The minimum Gasteiger partial charge on any atom is -0.388 e. The molecule has 0 fully saturated rings. The van der Waals surface area contributed by atoms with E-state index >= 15 is 0 Å². The number of aromatic nitrogens is 3. The first-order chi connectivity index (χ1) is 9.66. The van der Waals surface area contributed by atoms with E-state index in [9.17, 15) is 9.50 Å². The van der Waals surface area contributed by atoms with Crippen molar-refractivity contribution < 1.29 is 9.50 Å². The Balaban J connectivity index is 1.93. The van der Waals surface area contributed by atoms with Gasteiger partial charge in [0.1, 0.15) is 11.6 Å². The number of benzene rings is 1. The van der Waals surface area contributed by atoms with Crippen LogP contribution in [-0.4, -0.2) is 19.6 Å². The van der Waals surface area contributed by atoms with Gasteiger partial charge in [-0.2, -0.15) is 0 Å². The first-order valence-electron chi connectivity index (χ1n) is 6.34. The largest absolute Gasteiger partial charge is 0.388 e. The van der Waals surface area contributed by atoms with Gasteiger partial charge in [0.05, 0.1) is 23.3 Å². The lowest BCUT2D eigenvalue weighted by Crippen LogP contribution is -2.08. The van der Waals surface area contributed by atoms with Gasteiger partial charge >= 0.3 is 0 Å². The smallest absolute Gasteiger partial charge is 0.147 e. The number of para-hydroxylation sites is 2. The van der Waals surface area contributed by atoms with Crippen LogP contribution in [0.4, 0.5) is 4.39 Å². The standard InChI is InChI=1S/C15H14FN3O/c1-19-13-5-3-2-4-12(13)18-15(19)8-14(20)10-6-7-17-9-11(10)16/h2-7,9,14,20H,8H2,1H3. The van der Waals surface area contributed by atoms with Crippen molar-refractivity contribution in [2.45, 2.75) is 12.5 Å². The van der Waals surface area contributed by atoms with Crippen LogP contribution in [0, 0.1) is 5.82 Å². The van der Waals surface area contributed by atoms with Crippen molar-refractivity contribution in [3.63, 3.8) is 0 Å². The molecule has 0 bridgehead atoms. The van der Waals surface area contributed by atoms with E-state index in [1.807, 2.05) is 35.9 Å². The Morgan fingerprint density at radius 1 is 1.30 bits per heavy atom. The number of aliphatic hydroxyl groups is 1. The molecule has 20 heavy (non-hydrogen) atoms. The molecule has 0 radical (unpaired) electrons. The second kappa shape index (κ2) is 5.02. The third-order valence-electron chi connectivity index (χ3n) is 3.42. The topological polar surface area (TPSA) is 50.9 Å². The average Bonchev–Trinajstić information content (AvgIpc) is 2.76. The number of rotatable bonds is 3. The van der Waals surface area contributed by atoms with Gasteiger partial charge in [0, 0.05) is 25.2 Å². The van der Waals surface area contributed by atoms with E-state index in [0.29, 0.717) is 0 Å². The van der Waals surface area contributed by atoms with E-state index in [1.54, 1.807) is 0 Å². The van der Waals surface area contributed by atoms with Crippen molar-refractivity contribution >= 4 is 11.0 Å². The first kappa shape index (κ1) is 12.7. The molecule has 4 nitrogen and oxygen atoms in total. The predicted molar refractivity (Wildman–Crippen MR) is 73.6 cm³/mol. The third-order valence-corrected chi connectivity index (χ3v) is 3.42. The zero-order valence-corrected chi connectivity index (χ0v) is 11.0. The van der Waals surface area contributed by atoms with Crippen LogP contribution in [0.5, 0.6) is 0 Å². The fourth-order valence-corrected chi connectivity index (χ4v) is 2.32. The summed E-state index contributed by atoms with van der Waals surface area (Å²) < 4.78 is 15.5. The molecule has 0 aliphatic carbocycles. The Labute approximate surface area is 115 Å². The van der Waals surface area contributed by atoms with Gasteiger partial charge in [0.2, 0.25) is 0 Å². The van der Waals surface area contributed by atoms with Gasteiger partial charge in [-0.1, -0.05) is 12.1 Å². The van der Waals surface area contributed by atoms with Crippen LogP contribution in [-0.2, 0) is 13.5 Å². The normalized spacial score (nSPS) is 12.8. The monoisotopic (exact) mass is 271 g/mol. The van der Waals surface area contributed by atoms with E-state index in [2.05, 4.69) is 9.97 Å². The number of hydrogen-bond donors (Lipinski definition) is 1. The summed E-state index contributed by atoms with van der Waals surface area (Å²) in [5.41, 5.74) is 2.10. The molecule has 1 N–H and O–H groups in total. The van der Waals surface area contributed by atoms with Crippen LogP contribution in [0.1, 0.15) is 17.5 Å². The van der Waals surface area contributed by atoms with E-state index in [0.717, 1.165) is 23.1 Å². The highest BCUT2D eigenvalue weighted by molar-refractivity contribution is 5.75. The average molecular weight is 271 g/mol. The maximum absolute atomic E-state index is 13.6. The molecule has 3 aromatic rings. The molecule has 1 atom stereocenters. The summed E-state index contributed by atoms with van der Waals surface area (Å²) in [7, 11) is 1.89. The van der Waals surface area contributed by atoms with Gasteiger partial charge in [0.25, 0.3) is 0 Å². The SMILES string of the molecule is Cn1c(CC(O)c2ccncc2F)nc2ccccc21. The molecule has 3 rings (SSSR count). The molecule has 102 valence electrons. The Hall–Kier alpha value is -2.27. The van der Waals surface area contributed by atoms with Gasteiger partial charge in [-0.05, 0) is 18.2 Å². The number of pyridine rings is 1. The molecule has 0 aliphatic rings. The van der Waals surface area contributed by atoms with E-state index in [4.69, 9.17) is 0 Å². The molecule has 0 saturated heterocycles. The highest BCUT2D eigenvalue weighted by atomic mass is 19.1. The second-order valence-corrected chi connectivity index (χ2v) is 4.69. The first-order valence-corrected chi connectivity index (χ1v) is 6.34. The lowest BCUT2D eigenvalue weighted by Gasteiger charge is -2.11. The maximum Gasteiger partial charge on any atom is 0.147 e. The molecule has 0 saturated carbocycles. The Morgan fingerprint density at radius 2 is 2.10 bits per heavy atom. The summed E-state index contributed by atoms with van der Waals surface area (Å²) in [5, 5.41) is 10.2. The van der Waals surface area contributed by atoms with Crippen LogP contribution in [0.3, 0.4) is 0 Å². The quantitative estimate of drug-likeness (QED) is 0.795. The molecule has 0 spiro atoms. The van der Waals surface area contributed by atoms with Crippen molar-refractivity contribution in [2.24, 2.45) is 7.05 Å². The Bertz CT molecular complexity index is 754. The number of fused-ring (bicyclic) bond motifs is 1. The van der Waals surface area contributed by atoms with Crippen LogP contribution >= 0.6 is 0 Å². The summed E-state index contributed by atoms with van der Waals surface area (Å²) in [6.07, 6.45) is 1.89. The lowest BCUT2D eigenvalue weighted by molar-refractivity contribution is 0.170. The van der Waals surface area contributed by atoms with Crippen molar-refractivity contribution in [1.29, 1.82) is 0 Å². The highest BCUT2D eigenvalue weighted by Gasteiger charge is 2.17. The van der Waals surface area contributed by atoms with E-state index in [1.165, 1.54) is 12.3 Å². The zero-order chi connectivity index (χ0) is 14.1. The van der Waals surface area contributed by atoms with Gasteiger partial charge < -0.3 is 9.67 Å². The van der Waals surface area contributed by atoms with Crippen LogP contribution < -0.4 is 0 Å². The summed E-state index contributed by atoms with van der Waals surface area (Å²) in [4.78, 5) is 8.15. The second-order valence-electron chi connectivity index (χ2n) is 4.69. The molecule has 0 aliphatic heterocycles. The Kier molecular flexibility index (Phi) is 3.20. The molecule has 5 heteroatoms. The minimum absolute atomic E-state index is 0.243. The van der Waals surface area contributed by atoms with Crippen LogP contribution in [0.2, 0.25) is 0 Å². The molecule has 1 unspecified atom stereocenters. The zero-order valence-electron chi connectivity index (χ0n) is 11.0. The number of aliphatic hydroxyl groups excluding tert-OH is 1. The summed E-state index contributed by atoms with van der Waals surface area (Å²) in [6, 6.07) is 9.22. The predicted octanol–water partition coefficient (Wildman–Crippen LogP) is 2.38. The Morgan fingerprint density at radius 3 is 2.85 bits per heavy atom. The van der Waals surface area contributed by atoms with Crippen molar-refractivity contribution in [1.82, 2.24) is 14.5 Å². The van der Waals surface area contributed by atoms with Crippen molar-refractivity contribution in [3.8, 4) is 0 Å². The lowest BCUT2D eigenvalue weighted by atomic mass is 10.1. The van der Waals surface area contributed by atoms with Crippen LogP contribution in [0.15, 0.2) is 42.7 Å².